The van der Waals surface area contributed by atoms with Crippen molar-refractivity contribution in [1.82, 2.24) is 5.32 Å². The molecule has 3 nitrogen and oxygen atoms in total. The second kappa shape index (κ2) is 7.13. The molecule has 3 N–H and O–H groups in total. The second-order valence-electron chi connectivity index (χ2n) is 3.57. The van der Waals surface area contributed by atoms with Gasteiger partial charge in [-0.1, -0.05) is 13.2 Å². The Balaban J connectivity index is 5.40. The van der Waals surface area contributed by atoms with Crippen molar-refractivity contribution in [3.63, 3.8) is 0 Å². The predicted molar refractivity (Wildman–Crippen MR) is 72.7 cm³/mol. The minimum Gasteiger partial charge on any atom is -0.405 e. The highest BCUT2D eigenvalue weighted by Gasteiger charge is 2.05. The molecule has 0 aliphatic heterocycles. The fourth-order valence-electron chi connectivity index (χ4n) is 1.19. The van der Waals surface area contributed by atoms with Gasteiger partial charge >= 0.3 is 0 Å². The normalized spacial score (nSPS) is 12.9. The quantitative estimate of drug-likeness (QED) is 0.562. The second-order valence-corrected chi connectivity index (χ2v) is 3.57. The maximum Gasteiger partial charge on any atom is 0.0985 e. The maximum atomic E-state index is 8.72. The monoisotopic (exact) mass is 229 g/mol. The minimum atomic E-state index is 0.370. The molecule has 0 radical (unpaired) electrons. The fourth-order valence-corrected chi connectivity index (χ4v) is 1.19. The molecule has 0 aliphatic rings. The first kappa shape index (κ1) is 14.8. The van der Waals surface area contributed by atoms with E-state index in [1.165, 1.54) is 6.20 Å². The van der Waals surface area contributed by atoms with Crippen LogP contribution in [0.2, 0.25) is 0 Å². The van der Waals surface area contributed by atoms with Gasteiger partial charge in [-0.3, -0.25) is 0 Å². The van der Waals surface area contributed by atoms with Crippen LogP contribution in [0.3, 0.4) is 0 Å². The molecule has 0 aromatic rings. The van der Waals surface area contributed by atoms with Crippen LogP contribution in [0.25, 0.3) is 0 Å². The zero-order valence-electron chi connectivity index (χ0n) is 10.7. The average molecular weight is 229 g/mol. The summed E-state index contributed by atoms with van der Waals surface area (Å²) in [5, 5.41) is 11.8. The van der Waals surface area contributed by atoms with Crippen LogP contribution in [0.5, 0.6) is 0 Å². The van der Waals surface area contributed by atoms with Crippen molar-refractivity contribution in [3.8, 4) is 6.07 Å². The molecule has 0 fully saturated rings. The molecule has 90 valence electrons. The van der Waals surface area contributed by atoms with Crippen LogP contribution < -0.4 is 11.1 Å². The van der Waals surface area contributed by atoms with Crippen molar-refractivity contribution in [2.24, 2.45) is 5.73 Å². The van der Waals surface area contributed by atoms with Crippen LogP contribution >= 0.6 is 0 Å². The van der Waals surface area contributed by atoms with Crippen LogP contribution in [-0.2, 0) is 0 Å². The number of nitrogens with zero attached hydrogens (tertiary/aromatic N) is 1. The molecule has 0 aromatic carbocycles. The molecule has 3 heteroatoms. The Hall–Kier alpha value is -2.21. The zero-order chi connectivity index (χ0) is 13.4. The Labute approximate surface area is 103 Å². The topological polar surface area (TPSA) is 61.8 Å². The number of nitriles is 1. The van der Waals surface area contributed by atoms with E-state index in [1.807, 2.05) is 27.0 Å². The van der Waals surface area contributed by atoms with Gasteiger partial charge in [0, 0.05) is 18.3 Å². The summed E-state index contributed by atoms with van der Waals surface area (Å²) in [6, 6.07) is 1.97. The third kappa shape index (κ3) is 4.43. The summed E-state index contributed by atoms with van der Waals surface area (Å²) in [7, 11) is 1.85. The Morgan fingerprint density at radius 1 is 1.35 bits per heavy atom. The predicted octanol–water partition coefficient (Wildman–Crippen LogP) is 2.53. The Kier molecular flexibility index (Phi) is 6.20. The summed E-state index contributed by atoms with van der Waals surface area (Å²) in [5.74, 6) is 0. The number of nitrogens with two attached hydrogens (primary N) is 1. The molecule has 0 amide bonds. The van der Waals surface area contributed by atoms with Gasteiger partial charge in [-0.2, -0.15) is 5.26 Å². The van der Waals surface area contributed by atoms with Crippen molar-refractivity contribution in [2.45, 2.75) is 13.8 Å². The van der Waals surface area contributed by atoms with E-state index in [0.717, 1.165) is 22.4 Å². The van der Waals surface area contributed by atoms with Crippen molar-refractivity contribution in [2.75, 3.05) is 7.05 Å². The molecule has 0 aromatic heterocycles. The molecule has 0 aliphatic carbocycles. The van der Waals surface area contributed by atoms with Crippen LogP contribution in [0.4, 0.5) is 0 Å². The number of allylic oxidation sites excluding steroid dienone is 7. The largest absolute Gasteiger partial charge is 0.405 e. The smallest absolute Gasteiger partial charge is 0.0985 e. The van der Waals surface area contributed by atoms with E-state index < -0.39 is 0 Å². The number of nitrogens with one attached hydrogen (secondary N) is 1. The highest BCUT2D eigenvalue weighted by Crippen LogP contribution is 2.21. The molecule has 17 heavy (non-hydrogen) atoms. The molecular formula is C14H19N3. The third-order valence-electron chi connectivity index (χ3n) is 2.49. The lowest BCUT2D eigenvalue weighted by Gasteiger charge is -2.11. The summed E-state index contributed by atoms with van der Waals surface area (Å²) in [4.78, 5) is 0. The number of hydrogen-bond acceptors (Lipinski definition) is 3. The summed E-state index contributed by atoms with van der Waals surface area (Å²) in [5.41, 5.74) is 9.39. The van der Waals surface area contributed by atoms with E-state index in [4.69, 9.17) is 11.0 Å². The van der Waals surface area contributed by atoms with E-state index >= 15 is 0 Å². The van der Waals surface area contributed by atoms with Crippen molar-refractivity contribution >= 4 is 0 Å². The number of hydrogen-bond donors (Lipinski definition) is 2. The van der Waals surface area contributed by atoms with E-state index in [2.05, 4.69) is 18.5 Å². The Morgan fingerprint density at radius 2 is 1.94 bits per heavy atom. The van der Waals surface area contributed by atoms with Gasteiger partial charge < -0.3 is 11.1 Å². The van der Waals surface area contributed by atoms with E-state index in [-0.39, 0.29) is 0 Å². The zero-order valence-corrected chi connectivity index (χ0v) is 10.7. The van der Waals surface area contributed by atoms with Crippen LogP contribution in [0, 0.1) is 11.3 Å². The number of rotatable bonds is 5. The molecule has 0 unspecified atom stereocenters. The molecule has 0 atom stereocenters. The van der Waals surface area contributed by atoms with Gasteiger partial charge in [0.2, 0.25) is 0 Å². The van der Waals surface area contributed by atoms with Crippen molar-refractivity contribution in [3.05, 3.63) is 59.5 Å². The molecule has 0 heterocycles. The lowest BCUT2D eigenvalue weighted by atomic mass is 9.97. The summed E-state index contributed by atoms with van der Waals surface area (Å²) < 4.78 is 0. The first-order valence-electron chi connectivity index (χ1n) is 5.21. The molecule has 0 spiro atoms. The molecule has 0 rings (SSSR count). The molecular weight excluding hydrogens is 210 g/mol. The first-order chi connectivity index (χ1) is 7.97. The highest BCUT2D eigenvalue weighted by molar-refractivity contribution is 5.54. The maximum absolute atomic E-state index is 8.72. The van der Waals surface area contributed by atoms with Gasteiger partial charge in [0.05, 0.1) is 6.07 Å². The Morgan fingerprint density at radius 3 is 2.35 bits per heavy atom. The van der Waals surface area contributed by atoms with Crippen LogP contribution in [0.15, 0.2) is 59.5 Å². The average Bonchev–Trinajstić information content (AvgIpc) is 2.35. The van der Waals surface area contributed by atoms with Gasteiger partial charge in [-0.25, -0.2) is 0 Å². The first-order valence-corrected chi connectivity index (χ1v) is 5.21. The minimum absolute atomic E-state index is 0.370. The summed E-state index contributed by atoms with van der Waals surface area (Å²) >= 11 is 0. The van der Waals surface area contributed by atoms with Crippen LogP contribution in [-0.4, -0.2) is 7.05 Å². The van der Waals surface area contributed by atoms with E-state index in [9.17, 15) is 0 Å². The fraction of sp³-hybridized carbons (Fsp3) is 0.214. The standard InChI is InChI=1S/C14H19N3/c1-10(9-16)8-14(6-7-15)12(3)11(2)13(4)17-5/h6-8,17H,1,3,15H2,2,4-5H3/b7-6-,13-11+,14-8+. The van der Waals surface area contributed by atoms with E-state index in [0.29, 0.717) is 5.57 Å². The van der Waals surface area contributed by atoms with Gasteiger partial charge in [0.1, 0.15) is 0 Å². The molecule has 0 saturated carbocycles. The molecule has 0 saturated heterocycles. The van der Waals surface area contributed by atoms with Crippen molar-refractivity contribution in [1.29, 1.82) is 5.26 Å². The summed E-state index contributed by atoms with van der Waals surface area (Å²) in [6.07, 6.45) is 4.79. The lowest BCUT2D eigenvalue weighted by molar-refractivity contribution is 0.963. The van der Waals surface area contributed by atoms with Gasteiger partial charge in [-0.15, -0.1) is 0 Å². The SMILES string of the molecule is C=C(C#N)/C=C(\C=C/N)C(=C)/C(C)=C(\C)NC. The highest BCUT2D eigenvalue weighted by atomic mass is 14.8. The lowest BCUT2D eigenvalue weighted by Crippen LogP contribution is -2.06. The molecule has 0 bridgehead atoms. The Bertz CT molecular complexity index is 443. The van der Waals surface area contributed by atoms with Crippen molar-refractivity contribution < 1.29 is 0 Å². The van der Waals surface area contributed by atoms with E-state index in [1.54, 1.807) is 12.2 Å². The summed E-state index contributed by atoms with van der Waals surface area (Å²) in [6.45, 7) is 11.5. The van der Waals surface area contributed by atoms with Gasteiger partial charge in [-0.05, 0) is 48.9 Å². The third-order valence-corrected chi connectivity index (χ3v) is 2.49. The van der Waals surface area contributed by atoms with Gasteiger partial charge in [0.15, 0.2) is 0 Å². The van der Waals surface area contributed by atoms with Crippen LogP contribution in [0.1, 0.15) is 13.8 Å². The van der Waals surface area contributed by atoms with Gasteiger partial charge in [0.25, 0.3) is 0 Å².